The van der Waals surface area contributed by atoms with E-state index in [1.807, 2.05) is 29.2 Å². The van der Waals surface area contributed by atoms with Crippen LogP contribution in [-0.2, 0) is 22.2 Å². The smallest absolute Gasteiger partial charge is 0.416 e. The quantitative estimate of drug-likeness (QED) is 0.359. The van der Waals surface area contributed by atoms with E-state index >= 15 is 0 Å². The van der Waals surface area contributed by atoms with Gasteiger partial charge in [0.05, 0.1) is 12.0 Å². The van der Waals surface area contributed by atoms with Crippen molar-refractivity contribution in [3.8, 4) is 0 Å². The van der Waals surface area contributed by atoms with E-state index < -0.39 is 23.4 Å². The first-order valence-electron chi connectivity index (χ1n) is 14.0. The lowest BCUT2D eigenvalue weighted by molar-refractivity contribution is -0.138. The normalized spacial score (nSPS) is 21.2. The van der Waals surface area contributed by atoms with Crippen LogP contribution in [0.1, 0.15) is 75.1 Å². The number of halogens is 3. The molecule has 1 spiro atoms. The van der Waals surface area contributed by atoms with Crippen LogP contribution in [0.4, 0.5) is 13.2 Å². The van der Waals surface area contributed by atoms with E-state index in [0.717, 1.165) is 36.1 Å². The minimum Gasteiger partial charge on any atom is -0.481 e. The fourth-order valence-corrected chi connectivity index (χ4v) is 5.81. The van der Waals surface area contributed by atoms with Gasteiger partial charge in [0.25, 0.3) is 5.91 Å². The Morgan fingerprint density at radius 3 is 2.22 bits per heavy atom. The van der Waals surface area contributed by atoms with E-state index in [-0.39, 0.29) is 30.0 Å². The number of rotatable bonds is 9. The summed E-state index contributed by atoms with van der Waals surface area (Å²) in [5.74, 6) is -0.626. The molecule has 41 heavy (non-hydrogen) atoms. The van der Waals surface area contributed by atoms with Gasteiger partial charge in [-0.1, -0.05) is 63.7 Å². The number of alkyl halides is 3. The third kappa shape index (κ3) is 7.00. The Balaban J connectivity index is 1.51. The monoisotopic (exact) mass is 569 g/mol. The van der Waals surface area contributed by atoms with Crippen molar-refractivity contribution in [3.63, 3.8) is 0 Å². The lowest BCUT2D eigenvalue weighted by atomic mass is 9.69. The van der Waals surface area contributed by atoms with Crippen molar-refractivity contribution in [1.29, 1.82) is 0 Å². The molecular formula is C32H38F3N3O3. The van der Waals surface area contributed by atoms with Gasteiger partial charge in [-0.15, -0.1) is 0 Å². The summed E-state index contributed by atoms with van der Waals surface area (Å²) in [6, 6.07) is 12.4. The summed E-state index contributed by atoms with van der Waals surface area (Å²) in [6.45, 7) is 11.4. The summed E-state index contributed by atoms with van der Waals surface area (Å²) in [5.41, 5.74) is 1.82. The number of carbonyl (C=O) groups is 2. The molecule has 1 aliphatic heterocycles. The molecule has 1 aliphatic carbocycles. The number of hydrogen-bond donors (Lipinski definition) is 2. The van der Waals surface area contributed by atoms with Crippen LogP contribution in [-0.4, -0.2) is 46.3 Å². The van der Waals surface area contributed by atoms with Crippen molar-refractivity contribution in [2.45, 2.75) is 71.1 Å². The summed E-state index contributed by atoms with van der Waals surface area (Å²) < 4.78 is 39.4. The van der Waals surface area contributed by atoms with Crippen LogP contribution in [0.3, 0.4) is 0 Å². The summed E-state index contributed by atoms with van der Waals surface area (Å²) in [5, 5.41) is 11.8. The van der Waals surface area contributed by atoms with Crippen LogP contribution in [0.25, 0.3) is 5.70 Å². The Morgan fingerprint density at radius 1 is 1.07 bits per heavy atom. The molecule has 1 fully saturated rings. The average Bonchev–Trinajstić information content (AvgIpc) is 3.17. The number of aliphatic carboxylic acids is 1. The van der Waals surface area contributed by atoms with E-state index in [2.05, 4.69) is 32.7 Å². The number of nitrogens with zero attached hydrogens (tertiary/aromatic N) is 2. The Kier molecular flexibility index (Phi) is 8.66. The molecule has 220 valence electrons. The summed E-state index contributed by atoms with van der Waals surface area (Å²) >= 11 is 0. The zero-order chi connectivity index (χ0) is 30.0. The molecule has 0 radical (unpaired) electrons. The zero-order valence-electron chi connectivity index (χ0n) is 23.9. The van der Waals surface area contributed by atoms with Crippen LogP contribution < -0.4 is 5.32 Å². The highest BCUT2D eigenvalue weighted by Gasteiger charge is 2.49. The lowest BCUT2D eigenvalue weighted by Crippen LogP contribution is -2.50. The number of hydrogen-bond acceptors (Lipinski definition) is 4. The Hall–Kier alpha value is -3.62. The Morgan fingerprint density at radius 2 is 1.68 bits per heavy atom. The molecule has 0 atom stereocenters. The van der Waals surface area contributed by atoms with Crippen molar-refractivity contribution in [1.82, 2.24) is 10.2 Å². The van der Waals surface area contributed by atoms with E-state index in [4.69, 9.17) is 10.1 Å². The summed E-state index contributed by atoms with van der Waals surface area (Å²) in [6.07, 6.45) is -0.599. The summed E-state index contributed by atoms with van der Waals surface area (Å²) in [7, 11) is 0. The number of aliphatic imine (C=N–C) groups is 1. The molecule has 2 aromatic rings. The van der Waals surface area contributed by atoms with Crippen molar-refractivity contribution in [2.24, 2.45) is 16.3 Å². The molecule has 1 saturated carbocycles. The fraction of sp³-hybridized carbons (Fsp3) is 0.469. The molecule has 9 heteroatoms. The van der Waals surface area contributed by atoms with Gasteiger partial charge in [-0.3, -0.25) is 14.6 Å². The first kappa shape index (κ1) is 30.3. The number of amides is 1. The first-order valence-corrected chi connectivity index (χ1v) is 14.0. The minimum atomic E-state index is -4.45. The second kappa shape index (κ2) is 11.7. The van der Waals surface area contributed by atoms with Crippen LogP contribution in [0.5, 0.6) is 0 Å². The standard InChI is InChI=1S/C32H38F3N3O3/c1-21(36-19-15-27(39)40)23-7-5-22(6-8-23)16-20-38-29(41)28(24-9-11-26(12-10-24)32(33,34)35)37-31(38)17-13-25(14-18-31)30(2,3)4/h5-12,25,36H,1,13-20H2,2-4H3,(H,39,40). The van der Waals surface area contributed by atoms with Crippen molar-refractivity contribution >= 4 is 23.3 Å². The topological polar surface area (TPSA) is 82.0 Å². The minimum absolute atomic E-state index is 0.00422. The van der Waals surface area contributed by atoms with Crippen molar-refractivity contribution < 1.29 is 27.9 Å². The maximum Gasteiger partial charge on any atom is 0.416 e. The molecule has 2 aliphatic rings. The molecule has 1 heterocycles. The van der Waals surface area contributed by atoms with Gasteiger partial charge < -0.3 is 15.3 Å². The van der Waals surface area contributed by atoms with Crippen LogP contribution >= 0.6 is 0 Å². The van der Waals surface area contributed by atoms with Gasteiger partial charge in [-0.05, 0) is 66.7 Å². The van der Waals surface area contributed by atoms with Gasteiger partial charge in [-0.2, -0.15) is 13.2 Å². The van der Waals surface area contributed by atoms with Gasteiger partial charge in [0.15, 0.2) is 0 Å². The van der Waals surface area contributed by atoms with Crippen LogP contribution in [0.2, 0.25) is 0 Å². The van der Waals surface area contributed by atoms with Gasteiger partial charge >= 0.3 is 12.1 Å². The molecule has 1 amide bonds. The van der Waals surface area contributed by atoms with E-state index in [9.17, 15) is 22.8 Å². The zero-order valence-corrected chi connectivity index (χ0v) is 23.9. The van der Waals surface area contributed by atoms with E-state index in [1.165, 1.54) is 12.1 Å². The van der Waals surface area contributed by atoms with E-state index in [0.29, 0.717) is 43.0 Å². The van der Waals surface area contributed by atoms with Gasteiger partial charge in [0, 0.05) is 24.4 Å². The molecular weight excluding hydrogens is 531 g/mol. The average molecular weight is 570 g/mol. The molecule has 2 aromatic carbocycles. The maximum atomic E-state index is 13.8. The van der Waals surface area contributed by atoms with Crippen molar-refractivity contribution in [3.05, 3.63) is 77.4 Å². The molecule has 2 N–H and O–H groups in total. The predicted molar refractivity (Wildman–Crippen MR) is 153 cm³/mol. The van der Waals surface area contributed by atoms with Gasteiger partial charge in [-0.25, -0.2) is 0 Å². The molecule has 0 aromatic heterocycles. The number of nitrogens with one attached hydrogen (secondary N) is 1. The lowest BCUT2D eigenvalue weighted by Gasteiger charge is -2.45. The molecule has 4 rings (SSSR count). The third-order valence-corrected chi connectivity index (χ3v) is 8.37. The largest absolute Gasteiger partial charge is 0.481 e. The first-order chi connectivity index (χ1) is 19.2. The molecule has 0 saturated heterocycles. The number of carboxylic acid groups (broad SMARTS) is 1. The number of carboxylic acids is 1. The van der Waals surface area contributed by atoms with E-state index in [1.54, 1.807) is 0 Å². The highest BCUT2D eigenvalue weighted by molar-refractivity contribution is 6.46. The van der Waals surface area contributed by atoms with Crippen molar-refractivity contribution in [2.75, 3.05) is 13.1 Å². The van der Waals surface area contributed by atoms with Crippen LogP contribution in [0, 0.1) is 11.3 Å². The Bertz CT molecular complexity index is 1300. The highest BCUT2D eigenvalue weighted by atomic mass is 19.4. The fourth-order valence-electron chi connectivity index (χ4n) is 5.81. The third-order valence-electron chi connectivity index (χ3n) is 8.37. The number of carbonyl (C=O) groups excluding carboxylic acids is 1. The second-order valence-corrected chi connectivity index (χ2v) is 12.1. The highest BCUT2D eigenvalue weighted by Crippen LogP contribution is 2.46. The SMILES string of the molecule is C=C(NCCC(=O)O)c1ccc(CCN2C(=O)C(c3ccc(C(F)(F)F)cc3)=NC23CCC(C(C)(C)C)CC3)cc1. The molecule has 0 unspecified atom stereocenters. The number of benzene rings is 2. The maximum absolute atomic E-state index is 13.8. The van der Waals surface area contributed by atoms with Gasteiger partial charge in [0.2, 0.25) is 0 Å². The van der Waals surface area contributed by atoms with Gasteiger partial charge in [0.1, 0.15) is 11.4 Å². The summed E-state index contributed by atoms with van der Waals surface area (Å²) in [4.78, 5) is 31.3. The Labute approximate surface area is 239 Å². The molecule has 6 nitrogen and oxygen atoms in total. The predicted octanol–water partition coefficient (Wildman–Crippen LogP) is 6.55. The second-order valence-electron chi connectivity index (χ2n) is 12.1. The molecule has 0 bridgehead atoms. The van der Waals surface area contributed by atoms with Crippen LogP contribution in [0.15, 0.2) is 60.1 Å².